The number of rotatable bonds is 5. The standard InChI is InChI=1S/C10H19N3O/c1-4-8-6-10(13(3)12-8)9(11)7-14-5-2/h6,9H,4-5,7,11H2,1-3H3. The molecule has 80 valence electrons. The van der Waals surface area contributed by atoms with Crippen molar-refractivity contribution in [2.24, 2.45) is 12.8 Å². The van der Waals surface area contributed by atoms with E-state index >= 15 is 0 Å². The monoisotopic (exact) mass is 197 g/mol. The van der Waals surface area contributed by atoms with Crippen LogP contribution in [0.3, 0.4) is 0 Å². The second kappa shape index (κ2) is 5.12. The van der Waals surface area contributed by atoms with Gasteiger partial charge in [-0.1, -0.05) is 6.92 Å². The summed E-state index contributed by atoms with van der Waals surface area (Å²) >= 11 is 0. The third-order valence-electron chi connectivity index (χ3n) is 2.21. The van der Waals surface area contributed by atoms with Crippen molar-refractivity contribution in [1.82, 2.24) is 9.78 Å². The number of aromatic nitrogens is 2. The van der Waals surface area contributed by atoms with Crippen molar-refractivity contribution in [2.45, 2.75) is 26.3 Å². The van der Waals surface area contributed by atoms with Crippen LogP contribution in [0.4, 0.5) is 0 Å². The Hall–Kier alpha value is -0.870. The molecule has 14 heavy (non-hydrogen) atoms. The summed E-state index contributed by atoms with van der Waals surface area (Å²) in [6, 6.07) is 1.97. The molecule has 0 aliphatic heterocycles. The van der Waals surface area contributed by atoms with E-state index in [0.717, 1.165) is 17.8 Å². The average Bonchev–Trinajstić information content (AvgIpc) is 2.56. The maximum absolute atomic E-state index is 5.96. The fourth-order valence-corrected chi connectivity index (χ4v) is 1.39. The summed E-state index contributed by atoms with van der Waals surface area (Å²) in [6.07, 6.45) is 0.940. The molecule has 1 unspecified atom stereocenters. The SMILES string of the molecule is CCOCC(N)c1cc(CC)nn1C. The van der Waals surface area contributed by atoms with Crippen LogP contribution in [-0.2, 0) is 18.2 Å². The minimum atomic E-state index is -0.0762. The van der Waals surface area contributed by atoms with Gasteiger partial charge in [0.15, 0.2) is 0 Å². The molecule has 1 aromatic rings. The van der Waals surface area contributed by atoms with Gasteiger partial charge >= 0.3 is 0 Å². The Labute approximate surface area is 85.0 Å². The van der Waals surface area contributed by atoms with Crippen molar-refractivity contribution in [3.63, 3.8) is 0 Å². The number of hydrogen-bond donors (Lipinski definition) is 1. The van der Waals surface area contributed by atoms with Crippen LogP contribution in [0.5, 0.6) is 0 Å². The molecule has 4 nitrogen and oxygen atoms in total. The number of aryl methyl sites for hydroxylation is 2. The molecule has 4 heteroatoms. The van der Waals surface area contributed by atoms with E-state index in [1.807, 2.05) is 24.7 Å². The molecule has 0 aliphatic rings. The molecule has 0 radical (unpaired) electrons. The normalized spacial score (nSPS) is 13.1. The zero-order valence-corrected chi connectivity index (χ0v) is 9.16. The quantitative estimate of drug-likeness (QED) is 0.766. The Morgan fingerprint density at radius 1 is 1.57 bits per heavy atom. The van der Waals surface area contributed by atoms with Crippen LogP contribution in [0, 0.1) is 0 Å². The third kappa shape index (κ3) is 2.56. The van der Waals surface area contributed by atoms with Crippen LogP contribution in [0.15, 0.2) is 6.07 Å². The smallest absolute Gasteiger partial charge is 0.0704 e. The Morgan fingerprint density at radius 2 is 2.29 bits per heavy atom. The lowest BCUT2D eigenvalue weighted by Gasteiger charge is -2.11. The molecule has 0 saturated heterocycles. The molecule has 2 N–H and O–H groups in total. The Balaban J connectivity index is 2.68. The first-order chi connectivity index (χ1) is 6.69. The third-order valence-corrected chi connectivity index (χ3v) is 2.21. The summed E-state index contributed by atoms with van der Waals surface area (Å²) < 4.78 is 7.12. The van der Waals surface area contributed by atoms with Crippen molar-refractivity contribution in [2.75, 3.05) is 13.2 Å². The van der Waals surface area contributed by atoms with Crippen LogP contribution in [0.2, 0.25) is 0 Å². The summed E-state index contributed by atoms with van der Waals surface area (Å²) in [5.41, 5.74) is 8.08. The summed E-state index contributed by atoms with van der Waals surface area (Å²) in [7, 11) is 1.92. The van der Waals surface area contributed by atoms with E-state index in [4.69, 9.17) is 10.5 Å². The van der Waals surface area contributed by atoms with Crippen LogP contribution < -0.4 is 5.73 Å². The molecule has 0 amide bonds. The zero-order valence-electron chi connectivity index (χ0n) is 9.16. The van der Waals surface area contributed by atoms with Crippen molar-refractivity contribution < 1.29 is 4.74 Å². The van der Waals surface area contributed by atoms with Crippen LogP contribution in [0.1, 0.15) is 31.3 Å². The molecule has 1 heterocycles. The molecule has 0 fully saturated rings. The fourth-order valence-electron chi connectivity index (χ4n) is 1.39. The zero-order chi connectivity index (χ0) is 10.6. The van der Waals surface area contributed by atoms with Crippen LogP contribution in [0.25, 0.3) is 0 Å². The molecule has 0 spiro atoms. The topological polar surface area (TPSA) is 53.1 Å². The highest BCUT2D eigenvalue weighted by Gasteiger charge is 2.11. The van der Waals surface area contributed by atoms with Gasteiger partial charge < -0.3 is 10.5 Å². The van der Waals surface area contributed by atoms with Gasteiger partial charge in [-0.3, -0.25) is 4.68 Å². The summed E-state index contributed by atoms with van der Waals surface area (Å²) in [4.78, 5) is 0. The predicted octanol–water partition coefficient (Wildman–Crippen LogP) is 1.02. The summed E-state index contributed by atoms with van der Waals surface area (Å²) in [5, 5.41) is 4.34. The van der Waals surface area contributed by atoms with E-state index in [2.05, 4.69) is 12.0 Å². The number of hydrogen-bond acceptors (Lipinski definition) is 3. The second-order valence-corrected chi connectivity index (χ2v) is 3.30. The van der Waals surface area contributed by atoms with Gasteiger partial charge in [-0.15, -0.1) is 0 Å². The highest BCUT2D eigenvalue weighted by atomic mass is 16.5. The summed E-state index contributed by atoms with van der Waals surface area (Å²) in [6.45, 7) is 5.30. The van der Waals surface area contributed by atoms with Gasteiger partial charge in [0, 0.05) is 13.7 Å². The minimum absolute atomic E-state index is 0.0762. The van der Waals surface area contributed by atoms with E-state index in [9.17, 15) is 0 Å². The lowest BCUT2D eigenvalue weighted by molar-refractivity contribution is 0.131. The van der Waals surface area contributed by atoms with Gasteiger partial charge in [-0.25, -0.2) is 0 Å². The van der Waals surface area contributed by atoms with Crippen molar-refractivity contribution >= 4 is 0 Å². The highest BCUT2D eigenvalue weighted by molar-refractivity contribution is 5.13. The molecular formula is C10H19N3O. The minimum Gasteiger partial charge on any atom is -0.380 e. The van der Waals surface area contributed by atoms with Crippen LogP contribution >= 0.6 is 0 Å². The largest absolute Gasteiger partial charge is 0.380 e. The number of ether oxygens (including phenoxy) is 1. The fraction of sp³-hybridized carbons (Fsp3) is 0.700. The molecule has 1 atom stereocenters. The Kier molecular flexibility index (Phi) is 4.10. The highest BCUT2D eigenvalue weighted by Crippen LogP contribution is 2.12. The van der Waals surface area contributed by atoms with Gasteiger partial charge in [0.1, 0.15) is 0 Å². The van der Waals surface area contributed by atoms with Gasteiger partial charge in [0.2, 0.25) is 0 Å². The lowest BCUT2D eigenvalue weighted by Crippen LogP contribution is -2.20. The van der Waals surface area contributed by atoms with E-state index in [0.29, 0.717) is 13.2 Å². The van der Waals surface area contributed by atoms with Gasteiger partial charge in [-0.05, 0) is 19.4 Å². The van der Waals surface area contributed by atoms with E-state index in [1.54, 1.807) is 0 Å². The first-order valence-electron chi connectivity index (χ1n) is 5.05. The van der Waals surface area contributed by atoms with Gasteiger partial charge in [-0.2, -0.15) is 5.10 Å². The Morgan fingerprint density at radius 3 is 2.79 bits per heavy atom. The van der Waals surface area contributed by atoms with E-state index in [-0.39, 0.29) is 6.04 Å². The molecular weight excluding hydrogens is 178 g/mol. The van der Waals surface area contributed by atoms with Crippen molar-refractivity contribution in [3.8, 4) is 0 Å². The van der Waals surface area contributed by atoms with Crippen molar-refractivity contribution in [3.05, 3.63) is 17.5 Å². The molecule has 0 saturated carbocycles. The molecule has 0 aromatic carbocycles. The second-order valence-electron chi connectivity index (χ2n) is 3.30. The first kappa shape index (κ1) is 11.2. The van der Waals surface area contributed by atoms with E-state index in [1.165, 1.54) is 0 Å². The number of nitrogens with two attached hydrogens (primary N) is 1. The van der Waals surface area contributed by atoms with Gasteiger partial charge in [0.05, 0.1) is 24.0 Å². The summed E-state index contributed by atoms with van der Waals surface area (Å²) in [5.74, 6) is 0. The predicted molar refractivity (Wildman–Crippen MR) is 56.0 cm³/mol. The molecule has 1 rings (SSSR count). The Bertz CT molecular complexity index is 283. The van der Waals surface area contributed by atoms with Crippen molar-refractivity contribution in [1.29, 1.82) is 0 Å². The van der Waals surface area contributed by atoms with Gasteiger partial charge in [0.25, 0.3) is 0 Å². The first-order valence-corrected chi connectivity index (χ1v) is 5.05. The maximum Gasteiger partial charge on any atom is 0.0704 e. The molecule has 0 aliphatic carbocycles. The van der Waals surface area contributed by atoms with E-state index < -0.39 is 0 Å². The molecule has 1 aromatic heterocycles. The molecule has 0 bridgehead atoms. The number of nitrogens with zero attached hydrogens (tertiary/aromatic N) is 2. The van der Waals surface area contributed by atoms with Crippen LogP contribution in [-0.4, -0.2) is 23.0 Å². The maximum atomic E-state index is 5.96. The lowest BCUT2D eigenvalue weighted by atomic mass is 10.2. The average molecular weight is 197 g/mol.